The van der Waals surface area contributed by atoms with E-state index in [0.29, 0.717) is 5.01 Å². The zero-order chi connectivity index (χ0) is 25.6. The summed E-state index contributed by atoms with van der Waals surface area (Å²) in [4.78, 5) is 29.8. The molecule has 6 nitrogen and oxygen atoms in total. The molecule has 7 heteroatoms. The third kappa shape index (κ3) is 6.35. The molecule has 0 spiro atoms. The van der Waals surface area contributed by atoms with Crippen LogP contribution >= 0.6 is 11.3 Å². The van der Waals surface area contributed by atoms with Gasteiger partial charge in [0.2, 0.25) is 0 Å². The normalized spacial score (nSPS) is 13.9. The zero-order valence-electron chi connectivity index (χ0n) is 20.7. The van der Waals surface area contributed by atoms with E-state index in [9.17, 15) is 9.59 Å². The molecule has 37 heavy (non-hydrogen) atoms. The standard InChI is InChI=1S/C30H31N3O3S/c34-29(30(35)36)32-18-28-33-27(19-37-28)25-14-12-24(13-15-25)26-16-21(17-31-26)7-6-20-8-10-23(11-9-20)22-4-2-1-3-5-22/h8-17,19,22,31H,1-7,18H2,(H,32,34)(H,35,36). The van der Waals surface area contributed by atoms with Crippen LogP contribution < -0.4 is 5.32 Å². The lowest BCUT2D eigenvalue weighted by Crippen LogP contribution is -2.29. The van der Waals surface area contributed by atoms with Gasteiger partial charge in [0, 0.05) is 22.8 Å². The van der Waals surface area contributed by atoms with Crippen molar-refractivity contribution in [3.8, 4) is 22.5 Å². The molecular weight excluding hydrogens is 482 g/mol. The Hall–Kier alpha value is -3.71. The third-order valence-corrected chi connectivity index (χ3v) is 7.99. The van der Waals surface area contributed by atoms with Crippen LogP contribution in [0.5, 0.6) is 0 Å². The lowest BCUT2D eigenvalue weighted by molar-refractivity contribution is -0.150. The van der Waals surface area contributed by atoms with Gasteiger partial charge in [0.25, 0.3) is 0 Å². The molecule has 4 aromatic rings. The van der Waals surface area contributed by atoms with Crippen LogP contribution in [0.15, 0.2) is 66.2 Å². The number of rotatable bonds is 8. The summed E-state index contributed by atoms with van der Waals surface area (Å²) < 4.78 is 0. The van der Waals surface area contributed by atoms with E-state index in [0.717, 1.165) is 41.3 Å². The van der Waals surface area contributed by atoms with E-state index in [1.54, 1.807) is 0 Å². The number of aromatic nitrogens is 2. The van der Waals surface area contributed by atoms with Gasteiger partial charge in [-0.15, -0.1) is 11.3 Å². The first kappa shape index (κ1) is 25.0. The number of thiazole rings is 1. The predicted octanol–water partition coefficient (Wildman–Crippen LogP) is 6.34. The molecule has 1 aliphatic carbocycles. The molecule has 1 saturated carbocycles. The zero-order valence-corrected chi connectivity index (χ0v) is 21.5. The maximum Gasteiger partial charge on any atom is 0.394 e. The van der Waals surface area contributed by atoms with E-state index in [4.69, 9.17) is 5.11 Å². The minimum Gasteiger partial charge on any atom is -0.474 e. The second-order valence-corrected chi connectivity index (χ2v) is 10.6. The van der Waals surface area contributed by atoms with Crippen LogP contribution in [0.25, 0.3) is 22.5 Å². The van der Waals surface area contributed by atoms with Crippen molar-refractivity contribution in [3.05, 3.63) is 87.9 Å². The topological polar surface area (TPSA) is 95.1 Å². The van der Waals surface area contributed by atoms with Crippen molar-refractivity contribution in [3.63, 3.8) is 0 Å². The van der Waals surface area contributed by atoms with E-state index in [2.05, 4.69) is 63.9 Å². The van der Waals surface area contributed by atoms with Crippen molar-refractivity contribution in [2.75, 3.05) is 0 Å². The molecular formula is C30H31N3O3S. The predicted molar refractivity (Wildman–Crippen MR) is 146 cm³/mol. The molecule has 3 N–H and O–H groups in total. The van der Waals surface area contributed by atoms with Gasteiger partial charge < -0.3 is 15.4 Å². The second-order valence-electron chi connectivity index (χ2n) is 9.69. The molecule has 2 aromatic heterocycles. The summed E-state index contributed by atoms with van der Waals surface area (Å²) in [7, 11) is 0. The molecule has 2 heterocycles. The van der Waals surface area contributed by atoms with Gasteiger partial charge in [-0.25, -0.2) is 9.78 Å². The van der Waals surface area contributed by atoms with Gasteiger partial charge >= 0.3 is 11.9 Å². The highest BCUT2D eigenvalue weighted by molar-refractivity contribution is 7.09. The Labute approximate surface area is 220 Å². The summed E-state index contributed by atoms with van der Waals surface area (Å²) in [6.45, 7) is 0.101. The number of aryl methyl sites for hydroxylation is 2. The number of H-pyrrole nitrogens is 1. The number of carbonyl (C=O) groups is 2. The molecule has 190 valence electrons. The Bertz CT molecular complexity index is 1350. The average Bonchev–Trinajstić information content (AvgIpc) is 3.61. The molecule has 1 aliphatic rings. The van der Waals surface area contributed by atoms with Gasteiger partial charge in [-0.1, -0.05) is 67.8 Å². The highest BCUT2D eigenvalue weighted by Gasteiger charge is 2.15. The smallest absolute Gasteiger partial charge is 0.394 e. The van der Waals surface area contributed by atoms with Crippen molar-refractivity contribution in [2.45, 2.75) is 57.4 Å². The average molecular weight is 514 g/mol. The van der Waals surface area contributed by atoms with Crippen LogP contribution in [0.3, 0.4) is 0 Å². The van der Waals surface area contributed by atoms with E-state index < -0.39 is 11.9 Å². The lowest BCUT2D eigenvalue weighted by Gasteiger charge is -2.22. The van der Waals surface area contributed by atoms with E-state index in [1.807, 2.05) is 17.5 Å². The highest BCUT2D eigenvalue weighted by atomic mass is 32.1. The number of nitrogens with zero attached hydrogens (tertiary/aromatic N) is 1. The van der Waals surface area contributed by atoms with Gasteiger partial charge in [-0.05, 0) is 59.9 Å². The van der Waals surface area contributed by atoms with Gasteiger partial charge in [-0.2, -0.15) is 0 Å². The Kier molecular flexibility index (Phi) is 7.80. The fraction of sp³-hybridized carbons (Fsp3) is 0.300. The maximum atomic E-state index is 11.2. The van der Waals surface area contributed by atoms with Crippen LogP contribution in [-0.2, 0) is 29.0 Å². The largest absolute Gasteiger partial charge is 0.474 e. The van der Waals surface area contributed by atoms with Crippen LogP contribution in [0.1, 0.15) is 59.7 Å². The van der Waals surface area contributed by atoms with Gasteiger partial charge in [-0.3, -0.25) is 4.79 Å². The molecule has 0 aliphatic heterocycles. The van der Waals surface area contributed by atoms with Crippen LogP contribution in [-0.4, -0.2) is 27.0 Å². The first-order valence-electron chi connectivity index (χ1n) is 12.9. The number of carbonyl (C=O) groups excluding carboxylic acids is 1. The van der Waals surface area contributed by atoms with Crippen molar-refractivity contribution < 1.29 is 14.7 Å². The summed E-state index contributed by atoms with van der Waals surface area (Å²) in [5.41, 5.74) is 8.16. The molecule has 0 bridgehead atoms. The summed E-state index contributed by atoms with van der Waals surface area (Å²) in [6.07, 6.45) is 10.9. The SMILES string of the molecule is O=C(O)C(=O)NCc1nc(-c2ccc(-c3cc(CCc4ccc(C5CCCCC5)cc4)c[nH]3)cc2)cs1. The number of aromatic amines is 1. The van der Waals surface area contributed by atoms with Crippen molar-refractivity contribution >= 4 is 23.2 Å². The number of amides is 1. The first-order chi connectivity index (χ1) is 18.0. The van der Waals surface area contributed by atoms with E-state index >= 15 is 0 Å². The molecule has 1 fully saturated rings. The molecule has 5 rings (SSSR count). The summed E-state index contributed by atoms with van der Waals surface area (Å²) >= 11 is 1.39. The molecule has 0 saturated heterocycles. The number of carboxylic acids is 1. The quantitative estimate of drug-likeness (QED) is 0.240. The Balaban J connectivity index is 1.15. The lowest BCUT2D eigenvalue weighted by atomic mass is 9.84. The number of carboxylic acid groups (broad SMARTS) is 1. The highest BCUT2D eigenvalue weighted by Crippen LogP contribution is 2.32. The Morgan fingerprint density at radius 3 is 2.38 bits per heavy atom. The number of aliphatic carboxylic acids is 1. The number of hydrogen-bond donors (Lipinski definition) is 3. The van der Waals surface area contributed by atoms with Crippen molar-refractivity contribution in [1.82, 2.24) is 15.3 Å². The van der Waals surface area contributed by atoms with Crippen LogP contribution in [0.4, 0.5) is 0 Å². The second kappa shape index (κ2) is 11.6. The van der Waals surface area contributed by atoms with Gasteiger partial charge in [0.05, 0.1) is 12.2 Å². The summed E-state index contributed by atoms with van der Waals surface area (Å²) in [5, 5.41) is 13.6. The Morgan fingerprint density at radius 1 is 0.946 bits per heavy atom. The fourth-order valence-electron chi connectivity index (χ4n) is 5.01. The van der Waals surface area contributed by atoms with E-state index in [-0.39, 0.29) is 6.54 Å². The monoisotopic (exact) mass is 513 g/mol. The Morgan fingerprint density at radius 2 is 1.65 bits per heavy atom. The minimum absolute atomic E-state index is 0.101. The van der Waals surface area contributed by atoms with E-state index in [1.165, 1.54) is 60.1 Å². The number of benzene rings is 2. The molecule has 0 atom stereocenters. The fourth-order valence-corrected chi connectivity index (χ4v) is 5.75. The maximum absolute atomic E-state index is 11.2. The summed E-state index contributed by atoms with van der Waals surface area (Å²) in [5.74, 6) is -1.77. The molecule has 1 amide bonds. The minimum atomic E-state index is -1.50. The van der Waals surface area contributed by atoms with Crippen molar-refractivity contribution in [1.29, 1.82) is 0 Å². The van der Waals surface area contributed by atoms with Crippen molar-refractivity contribution in [2.24, 2.45) is 0 Å². The van der Waals surface area contributed by atoms with Gasteiger partial charge in [0.15, 0.2) is 0 Å². The molecule has 0 radical (unpaired) electrons. The van der Waals surface area contributed by atoms with Crippen LogP contribution in [0.2, 0.25) is 0 Å². The summed E-state index contributed by atoms with van der Waals surface area (Å²) in [6, 6.07) is 19.7. The molecule has 2 aromatic carbocycles. The third-order valence-electron chi connectivity index (χ3n) is 7.14. The first-order valence-corrected chi connectivity index (χ1v) is 13.8. The molecule has 0 unspecified atom stereocenters. The number of hydrogen-bond acceptors (Lipinski definition) is 4. The number of nitrogens with one attached hydrogen (secondary N) is 2. The van der Waals surface area contributed by atoms with Gasteiger partial charge in [0.1, 0.15) is 5.01 Å². The van der Waals surface area contributed by atoms with Crippen LogP contribution in [0, 0.1) is 0 Å².